The molecule has 0 fully saturated rings. The Labute approximate surface area is 79.3 Å². The molecule has 74 valence electrons. The highest BCUT2D eigenvalue weighted by molar-refractivity contribution is 4.99. The largest absolute Gasteiger partial charge is 0.312 e. The third-order valence-electron chi connectivity index (χ3n) is 2.08. The van der Waals surface area contributed by atoms with Gasteiger partial charge >= 0.3 is 0 Å². The van der Waals surface area contributed by atoms with Crippen LogP contribution in [0.15, 0.2) is 6.20 Å². The zero-order chi connectivity index (χ0) is 10.1. The number of hydrogen-bond acceptors (Lipinski definition) is 3. The fourth-order valence-corrected chi connectivity index (χ4v) is 0.951. The molecule has 4 nitrogen and oxygen atoms in total. The summed E-state index contributed by atoms with van der Waals surface area (Å²) in [7, 11) is 1.92. The predicted molar refractivity (Wildman–Crippen MR) is 52.5 cm³/mol. The van der Waals surface area contributed by atoms with Crippen molar-refractivity contribution in [2.24, 2.45) is 0 Å². The summed E-state index contributed by atoms with van der Waals surface area (Å²) in [5, 5.41) is 11.3. The van der Waals surface area contributed by atoms with Gasteiger partial charge in [-0.25, -0.2) is 4.68 Å². The summed E-state index contributed by atoms with van der Waals surface area (Å²) in [4.78, 5) is 0. The summed E-state index contributed by atoms with van der Waals surface area (Å²) >= 11 is 0. The minimum atomic E-state index is 0.0126. The minimum Gasteiger partial charge on any atom is -0.312 e. The first-order valence-corrected chi connectivity index (χ1v) is 4.55. The van der Waals surface area contributed by atoms with Crippen molar-refractivity contribution < 1.29 is 0 Å². The van der Waals surface area contributed by atoms with Gasteiger partial charge in [-0.3, -0.25) is 0 Å². The van der Waals surface area contributed by atoms with Gasteiger partial charge in [0, 0.05) is 6.04 Å². The Kier molecular flexibility index (Phi) is 2.71. The molecule has 0 saturated carbocycles. The number of hydrogen-bond donors (Lipinski definition) is 1. The second-order valence-corrected chi connectivity index (χ2v) is 4.27. The van der Waals surface area contributed by atoms with E-state index in [1.165, 1.54) is 0 Å². The van der Waals surface area contributed by atoms with Crippen LogP contribution in [0.25, 0.3) is 0 Å². The van der Waals surface area contributed by atoms with Crippen LogP contribution in [0.4, 0.5) is 0 Å². The highest BCUT2D eigenvalue weighted by Gasteiger charge is 2.16. The molecule has 0 saturated heterocycles. The molecule has 0 aliphatic rings. The first-order valence-electron chi connectivity index (χ1n) is 4.55. The molecule has 1 atom stereocenters. The lowest BCUT2D eigenvalue weighted by atomic mass is 10.1. The average Bonchev–Trinajstić information content (AvgIpc) is 2.50. The molecular formula is C9H18N4. The summed E-state index contributed by atoms with van der Waals surface area (Å²) in [6.45, 7) is 8.39. The standard InChI is InChI=1S/C9H18N4/c1-7(10-5)8-6-13(12-11-8)9(2,3)4/h6-7,10H,1-5H3. The summed E-state index contributed by atoms with van der Waals surface area (Å²) in [6.07, 6.45) is 1.99. The number of nitrogens with zero attached hydrogens (tertiary/aromatic N) is 3. The average molecular weight is 182 g/mol. The van der Waals surface area contributed by atoms with Crippen molar-refractivity contribution in [3.05, 3.63) is 11.9 Å². The van der Waals surface area contributed by atoms with E-state index >= 15 is 0 Å². The van der Waals surface area contributed by atoms with E-state index in [-0.39, 0.29) is 11.6 Å². The molecule has 0 radical (unpaired) electrons. The highest BCUT2D eigenvalue weighted by Crippen LogP contribution is 2.14. The monoisotopic (exact) mass is 182 g/mol. The Hall–Kier alpha value is -0.900. The van der Waals surface area contributed by atoms with Crippen LogP contribution in [-0.2, 0) is 5.54 Å². The Morgan fingerprint density at radius 3 is 2.46 bits per heavy atom. The summed E-state index contributed by atoms with van der Waals surface area (Å²) < 4.78 is 1.89. The van der Waals surface area contributed by atoms with Crippen LogP contribution < -0.4 is 5.32 Å². The Morgan fingerprint density at radius 2 is 2.08 bits per heavy atom. The quantitative estimate of drug-likeness (QED) is 0.750. The second-order valence-electron chi connectivity index (χ2n) is 4.27. The van der Waals surface area contributed by atoms with Gasteiger partial charge in [0.15, 0.2) is 0 Å². The van der Waals surface area contributed by atoms with Gasteiger partial charge in [-0.2, -0.15) is 0 Å². The Balaban J connectivity index is 2.87. The minimum absolute atomic E-state index is 0.0126. The molecule has 0 bridgehead atoms. The lowest BCUT2D eigenvalue weighted by molar-refractivity contribution is 0.346. The van der Waals surface area contributed by atoms with Gasteiger partial charge in [0.05, 0.1) is 17.4 Å². The first kappa shape index (κ1) is 10.2. The third kappa shape index (κ3) is 2.28. The van der Waals surface area contributed by atoms with Gasteiger partial charge in [0.1, 0.15) is 0 Å². The van der Waals surface area contributed by atoms with E-state index in [9.17, 15) is 0 Å². The molecule has 1 N–H and O–H groups in total. The van der Waals surface area contributed by atoms with E-state index in [0.29, 0.717) is 0 Å². The topological polar surface area (TPSA) is 42.7 Å². The van der Waals surface area contributed by atoms with E-state index in [0.717, 1.165) is 5.69 Å². The summed E-state index contributed by atoms with van der Waals surface area (Å²) in [5.41, 5.74) is 0.996. The number of aromatic nitrogens is 3. The fourth-order valence-electron chi connectivity index (χ4n) is 0.951. The van der Waals surface area contributed by atoms with Crippen LogP contribution >= 0.6 is 0 Å². The van der Waals surface area contributed by atoms with E-state index in [2.05, 4.69) is 43.3 Å². The van der Waals surface area contributed by atoms with Crippen molar-refractivity contribution in [1.82, 2.24) is 20.3 Å². The molecule has 1 aromatic heterocycles. The Bertz CT molecular complexity index is 271. The molecule has 1 unspecified atom stereocenters. The van der Waals surface area contributed by atoms with Gasteiger partial charge in [0.25, 0.3) is 0 Å². The van der Waals surface area contributed by atoms with Crippen LogP contribution in [0, 0.1) is 0 Å². The maximum Gasteiger partial charge on any atom is 0.0993 e. The molecule has 13 heavy (non-hydrogen) atoms. The maximum atomic E-state index is 4.10. The van der Waals surface area contributed by atoms with Crippen LogP contribution in [-0.4, -0.2) is 22.0 Å². The lowest BCUT2D eigenvalue weighted by Gasteiger charge is -2.17. The van der Waals surface area contributed by atoms with Gasteiger partial charge in [0.2, 0.25) is 0 Å². The van der Waals surface area contributed by atoms with Crippen molar-refractivity contribution in [2.75, 3.05) is 7.05 Å². The zero-order valence-corrected chi connectivity index (χ0v) is 9.00. The van der Waals surface area contributed by atoms with Gasteiger partial charge < -0.3 is 5.32 Å². The second kappa shape index (κ2) is 3.46. The van der Waals surface area contributed by atoms with Gasteiger partial charge in [-0.15, -0.1) is 5.10 Å². The molecular weight excluding hydrogens is 164 g/mol. The van der Waals surface area contributed by atoms with E-state index in [1.807, 2.05) is 17.9 Å². The Morgan fingerprint density at radius 1 is 1.46 bits per heavy atom. The van der Waals surface area contributed by atoms with Gasteiger partial charge in [-0.05, 0) is 34.7 Å². The van der Waals surface area contributed by atoms with Crippen molar-refractivity contribution >= 4 is 0 Å². The smallest absolute Gasteiger partial charge is 0.0993 e. The normalized spacial score (nSPS) is 14.5. The fraction of sp³-hybridized carbons (Fsp3) is 0.778. The SMILES string of the molecule is CNC(C)c1cn(C(C)(C)C)nn1. The van der Waals surface area contributed by atoms with Crippen LogP contribution in [0.3, 0.4) is 0 Å². The van der Waals surface area contributed by atoms with Crippen molar-refractivity contribution in [3.63, 3.8) is 0 Å². The van der Waals surface area contributed by atoms with Crippen LogP contribution in [0.2, 0.25) is 0 Å². The molecule has 0 aliphatic carbocycles. The molecule has 0 spiro atoms. The molecule has 1 rings (SSSR count). The highest BCUT2D eigenvalue weighted by atomic mass is 15.4. The number of nitrogens with one attached hydrogen (secondary N) is 1. The molecule has 0 aliphatic heterocycles. The summed E-state index contributed by atoms with van der Waals surface area (Å²) in [6, 6.07) is 0.260. The van der Waals surface area contributed by atoms with E-state index in [1.54, 1.807) is 0 Å². The van der Waals surface area contributed by atoms with Crippen molar-refractivity contribution in [3.8, 4) is 0 Å². The molecule has 1 heterocycles. The molecule has 1 aromatic rings. The van der Waals surface area contributed by atoms with E-state index < -0.39 is 0 Å². The van der Waals surface area contributed by atoms with Crippen LogP contribution in [0.1, 0.15) is 39.4 Å². The van der Waals surface area contributed by atoms with E-state index in [4.69, 9.17) is 0 Å². The van der Waals surface area contributed by atoms with Crippen molar-refractivity contribution in [1.29, 1.82) is 0 Å². The maximum absolute atomic E-state index is 4.10. The number of rotatable bonds is 2. The predicted octanol–water partition coefficient (Wildman–Crippen LogP) is 1.31. The first-order chi connectivity index (χ1) is 5.95. The van der Waals surface area contributed by atoms with Crippen molar-refractivity contribution in [2.45, 2.75) is 39.3 Å². The zero-order valence-electron chi connectivity index (χ0n) is 9.00. The third-order valence-corrected chi connectivity index (χ3v) is 2.08. The lowest BCUT2D eigenvalue weighted by Crippen LogP contribution is -2.22. The van der Waals surface area contributed by atoms with Gasteiger partial charge in [-0.1, -0.05) is 5.21 Å². The summed E-state index contributed by atoms with van der Waals surface area (Å²) in [5.74, 6) is 0. The molecule has 0 aromatic carbocycles. The van der Waals surface area contributed by atoms with Crippen LogP contribution in [0.5, 0.6) is 0 Å². The molecule has 0 amide bonds. The molecule has 4 heteroatoms.